The molecule has 5 heteroatoms. The molecule has 1 heterocycles. The fourth-order valence-electron chi connectivity index (χ4n) is 2.17. The Morgan fingerprint density at radius 3 is 2.57 bits per heavy atom. The van der Waals surface area contributed by atoms with Gasteiger partial charge in [-0.2, -0.15) is 0 Å². The summed E-state index contributed by atoms with van der Waals surface area (Å²) in [4.78, 5) is 0.380. The van der Waals surface area contributed by atoms with Gasteiger partial charge >= 0.3 is 0 Å². The minimum atomic E-state index is -3.53. The maximum absolute atomic E-state index is 12.6. The van der Waals surface area contributed by atoms with Crippen molar-refractivity contribution < 1.29 is 17.9 Å². The van der Waals surface area contributed by atoms with Gasteiger partial charge in [-0.05, 0) is 37.6 Å². The second-order valence-corrected chi connectivity index (χ2v) is 6.88. The molecule has 110 valence electrons. The number of rotatable bonds is 3. The molecule has 0 saturated heterocycles. The summed E-state index contributed by atoms with van der Waals surface area (Å²) in [6.45, 7) is 3.99. The molecule has 0 fully saturated rings. The third kappa shape index (κ3) is 2.38. The van der Waals surface area contributed by atoms with E-state index in [2.05, 4.69) is 0 Å². The highest BCUT2D eigenvalue weighted by Gasteiger charge is 2.31. The van der Waals surface area contributed by atoms with Crippen LogP contribution < -0.4 is 9.47 Å². The van der Waals surface area contributed by atoms with Crippen molar-refractivity contribution >= 4 is 9.84 Å². The molecule has 1 aliphatic rings. The average Bonchev–Trinajstić information content (AvgIpc) is 2.47. The Morgan fingerprint density at radius 2 is 1.81 bits per heavy atom. The van der Waals surface area contributed by atoms with E-state index >= 15 is 0 Å². The van der Waals surface area contributed by atoms with E-state index in [1.54, 1.807) is 42.5 Å². The average molecular weight is 304 g/mol. The standard InChI is InChI=1S/C16H16O4S/c1-3-11(2)19-12-8-9-16-14(10-12)20-13-6-4-5-7-15(13)21(16,17)18/h4-11H,3H2,1-2H3. The fourth-order valence-corrected chi connectivity index (χ4v) is 3.65. The first-order valence-corrected chi connectivity index (χ1v) is 8.33. The largest absolute Gasteiger partial charge is 0.491 e. The molecule has 0 aromatic heterocycles. The van der Waals surface area contributed by atoms with Gasteiger partial charge in [0.05, 0.1) is 6.10 Å². The third-order valence-corrected chi connectivity index (χ3v) is 5.31. The predicted octanol–water partition coefficient (Wildman–Crippen LogP) is 3.80. The van der Waals surface area contributed by atoms with Gasteiger partial charge in [-0.3, -0.25) is 0 Å². The smallest absolute Gasteiger partial charge is 0.213 e. The van der Waals surface area contributed by atoms with Gasteiger partial charge in [-0.15, -0.1) is 0 Å². The van der Waals surface area contributed by atoms with Crippen molar-refractivity contribution in [3.63, 3.8) is 0 Å². The van der Waals surface area contributed by atoms with Crippen molar-refractivity contribution in [2.45, 2.75) is 36.2 Å². The number of ether oxygens (including phenoxy) is 2. The molecular weight excluding hydrogens is 288 g/mol. The third-order valence-electron chi connectivity index (χ3n) is 3.48. The van der Waals surface area contributed by atoms with E-state index in [0.717, 1.165) is 6.42 Å². The van der Waals surface area contributed by atoms with Gasteiger partial charge in [0.2, 0.25) is 9.84 Å². The maximum atomic E-state index is 12.6. The monoisotopic (exact) mass is 304 g/mol. The van der Waals surface area contributed by atoms with E-state index in [9.17, 15) is 8.42 Å². The van der Waals surface area contributed by atoms with Crippen molar-refractivity contribution in [2.75, 3.05) is 0 Å². The summed E-state index contributed by atoms with van der Waals surface area (Å²) < 4.78 is 36.5. The van der Waals surface area contributed by atoms with Gasteiger partial charge in [0.1, 0.15) is 27.0 Å². The van der Waals surface area contributed by atoms with E-state index in [4.69, 9.17) is 9.47 Å². The summed E-state index contributed by atoms with van der Waals surface area (Å²) in [6, 6.07) is 11.5. The van der Waals surface area contributed by atoms with Crippen LogP contribution in [0.4, 0.5) is 0 Å². The SMILES string of the molecule is CCC(C)Oc1ccc2c(c1)Oc1ccccc1S2(=O)=O. The molecule has 0 bridgehead atoms. The normalized spacial score (nSPS) is 16.3. The molecule has 0 amide bonds. The molecule has 4 nitrogen and oxygen atoms in total. The Labute approximate surface area is 124 Å². The van der Waals surface area contributed by atoms with Crippen molar-refractivity contribution in [3.8, 4) is 17.2 Å². The lowest BCUT2D eigenvalue weighted by atomic mass is 10.3. The lowest BCUT2D eigenvalue weighted by Crippen LogP contribution is -2.13. The number of hydrogen-bond donors (Lipinski definition) is 0. The fraction of sp³-hybridized carbons (Fsp3) is 0.250. The number of sulfone groups is 1. The van der Waals surface area contributed by atoms with Gasteiger partial charge in [0.25, 0.3) is 0 Å². The Balaban J connectivity index is 2.06. The lowest BCUT2D eigenvalue weighted by molar-refractivity contribution is 0.216. The summed E-state index contributed by atoms with van der Waals surface area (Å²) in [6.07, 6.45) is 0.939. The van der Waals surface area contributed by atoms with Gasteiger partial charge in [0, 0.05) is 6.07 Å². The van der Waals surface area contributed by atoms with Gasteiger partial charge in [-0.25, -0.2) is 8.42 Å². The van der Waals surface area contributed by atoms with Crippen LogP contribution in [0.2, 0.25) is 0 Å². The van der Waals surface area contributed by atoms with Crippen LogP contribution in [-0.2, 0) is 9.84 Å². The van der Waals surface area contributed by atoms with Crippen molar-refractivity contribution in [2.24, 2.45) is 0 Å². The number of benzene rings is 2. The Hall–Kier alpha value is -2.01. The lowest BCUT2D eigenvalue weighted by Gasteiger charge is -2.21. The minimum absolute atomic E-state index is 0.0653. The van der Waals surface area contributed by atoms with E-state index in [1.165, 1.54) is 0 Å². The molecule has 1 unspecified atom stereocenters. The van der Waals surface area contributed by atoms with E-state index < -0.39 is 9.84 Å². The number of fused-ring (bicyclic) bond motifs is 2. The van der Waals surface area contributed by atoms with Gasteiger partial charge in [0.15, 0.2) is 0 Å². The van der Waals surface area contributed by atoms with Crippen molar-refractivity contribution in [3.05, 3.63) is 42.5 Å². The molecule has 1 aliphatic heterocycles. The van der Waals surface area contributed by atoms with E-state index in [-0.39, 0.29) is 15.9 Å². The zero-order chi connectivity index (χ0) is 15.0. The number of hydrogen-bond acceptors (Lipinski definition) is 4. The van der Waals surface area contributed by atoms with Crippen LogP contribution in [0.1, 0.15) is 20.3 Å². The molecule has 0 aliphatic carbocycles. The summed E-state index contributed by atoms with van der Waals surface area (Å²) in [5.74, 6) is 1.28. The van der Waals surface area contributed by atoms with Crippen LogP contribution in [0, 0.1) is 0 Å². The highest BCUT2D eigenvalue weighted by molar-refractivity contribution is 7.91. The van der Waals surface area contributed by atoms with Gasteiger partial charge in [-0.1, -0.05) is 19.1 Å². The topological polar surface area (TPSA) is 52.6 Å². The molecule has 0 N–H and O–H groups in total. The first-order chi connectivity index (χ1) is 10.0. The van der Waals surface area contributed by atoms with Crippen LogP contribution >= 0.6 is 0 Å². The van der Waals surface area contributed by atoms with Crippen molar-refractivity contribution in [1.29, 1.82) is 0 Å². The first-order valence-electron chi connectivity index (χ1n) is 6.85. The molecule has 2 aromatic rings. The van der Waals surface area contributed by atoms with Crippen LogP contribution in [0.5, 0.6) is 17.2 Å². The molecule has 0 spiro atoms. The molecule has 21 heavy (non-hydrogen) atoms. The van der Waals surface area contributed by atoms with Crippen LogP contribution in [-0.4, -0.2) is 14.5 Å². The Morgan fingerprint density at radius 1 is 1.10 bits per heavy atom. The zero-order valence-electron chi connectivity index (χ0n) is 11.9. The van der Waals surface area contributed by atoms with Crippen LogP contribution in [0.15, 0.2) is 52.3 Å². The predicted molar refractivity (Wildman–Crippen MR) is 78.8 cm³/mol. The summed E-state index contributed by atoms with van der Waals surface area (Å²) in [7, 11) is -3.53. The molecular formula is C16H16O4S. The quantitative estimate of drug-likeness (QED) is 0.738. The highest BCUT2D eigenvalue weighted by atomic mass is 32.2. The Kier molecular flexibility index (Phi) is 3.37. The molecule has 1 atom stereocenters. The van der Waals surface area contributed by atoms with E-state index in [1.807, 2.05) is 13.8 Å². The zero-order valence-corrected chi connectivity index (χ0v) is 12.7. The summed E-state index contributed by atoms with van der Waals surface area (Å²) in [5.41, 5.74) is 0. The second kappa shape index (κ2) is 5.07. The summed E-state index contributed by atoms with van der Waals surface area (Å²) >= 11 is 0. The highest BCUT2D eigenvalue weighted by Crippen LogP contribution is 2.43. The number of para-hydroxylation sites is 1. The molecule has 0 saturated carbocycles. The van der Waals surface area contributed by atoms with Crippen LogP contribution in [0.25, 0.3) is 0 Å². The maximum Gasteiger partial charge on any atom is 0.213 e. The molecule has 2 aromatic carbocycles. The van der Waals surface area contributed by atoms with E-state index in [0.29, 0.717) is 17.2 Å². The molecule has 3 rings (SSSR count). The van der Waals surface area contributed by atoms with Gasteiger partial charge < -0.3 is 9.47 Å². The second-order valence-electron chi connectivity index (χ2n) is 5.00. The van der Waals surface area contributed by atoms with Crippen molar-refractivity contribution in [1.82, 2.24) is 0 Å². The molecule has 0 radical (unpaired) electrons. The summed E-state index contributed by atoms with van der Waals surface area (Å²) in [5, 5.41) is 0. The Bertz CT molecular complexity index is 781. The first kappa shape index (κ1) is 13.9. The van der Waals surface area contributed by atoms with Crippen LogP contribution in [0.3, 0.4) is 0 Å². The minimum Gasteiger partial charge on any atom is -0.491 e.